The average Bonchev–Trinajstić information content (AvgIpc) is 3.27. The summed E-state index contributed by atoms with van der Waals surface area (Å²) in [5, 5.41) is 11.2. The van der Waals surface area contributed by atoms with Crippen LogP contribution < -0.4 is 5.32 Å². The van der Waals surface area contributed by atoms with Crippen LogP contribution >= 0.6 is 0 Å². The number of nitrogens with zero attached hydrogens (tertiary/aromatic N) is 3. The first-order chi connectivity index (χ1) is 18.2. The normalized spacial score (nSPS) is 23.2. The molecule has 3 atom stereocenters. The summed E-state index contributed by atoms with van der Waals surface area (Å²) in [7, 11) is 1.64. The van der Waals surface area contributed by atoms with Gasteiger partial charge in [0.15, 0.2) is 5.65 Å². The smallest absolute Gasteiger partial charge is 0.251 e. The van der Waals surface area contributed by atoms with Gasteiger partial charge in [0.1, 0.15) is 0 Å². The van der Waals surface area contributed by atoms with Gasteiger partial charge >= 0.3 is 0 Å². The van der Waals surface area contributed by atoms with Crippen LogP contribution in [0, 0.1) is 0 Å². The zero-order valence-corrected chi connectivity index (χ0v) is 21.0. The molecule has 7 nitrogen and oxygen atoms in total. The fraction of sp³-hybridized carbons (Fsp3) is 0.367. The Labute approximate surface area is 216 Å². The van der Waals surface area contributed by atoms with E-state index in [0.717, 1.165) is 48.3 Å². The average molecular weight is 494 g/mol. The topological polar surface area (TPSA) is 83.1 Å². The van der Waals surface area contributed by atoms with E-state index in [9.17, 15) is 4.79 Å². The second-order valence-corrected chi connectivity index (χ2v) is 10.6. The largest absolute Gasteiger partial charge is 0.378 e. The monoisotopic (exact) mass is 493 g/mol. The lowest BCUT2D eigenvalue weighted by Crippen LogP contribution is -2.66. The number of ether oxygens (including phenoxy) is 1. The zero-order valence-electron chi connectivity index (χ0n) is 21.0. The van der Waals surface area contributed by atoms with Crippen molar-refractivity contribution in [3.05, 3.63) is 71.4 Å². The Balaban J connectivity index is 1.15. The first kappa shape index (κ1) is 22.6. The van der Waals surface area contributed by atoms with E-state index >= 15 is 0 Å². The molecule has 7 rings (SSSR count). The van der Waals surface area contributed by atoms with Crippen LogP contribution in [0.25, 0.3) is 33.4 Å². The van der Waals surface area contributed by atoms with Gasteiger partial charge in [-0.3, -0.25) is 14.8 Å². The van der Waals surface area contributed by atoms with Crippen molar-refractivity contribution in [2.24, 2.45) is 0 Å². The third-order valence-corrected chi connectivity index (χ3v) is 8.54. The summed E-state index contributed by atoms with van der Waals surface area (Å²) >= 11 is 0. The van der Waals surface area contributed by atoms with Crippen LogP contribution in [0.3, 0.4) is 0 Å². The van der Waals surface area contributed by atoms with Crippen molar-refractivity contribution in [3.63, 3.8) is 0 Å². The van der Waals surface area contributed by atoms with Crippen LogP contribution in [0.15, 0.2) is 54.7 Å². The van der Waals surface area contributed by atoms with E-state index in [1.807, 2.05) is 30.5 Å². The van der Waals surface area contributed by atoms with Crippen molar-refractivity contribution in [1.29, 1.82) is 0 Å². The minimum atomic E-state index is -0.0961. The van der Waals surface area contributed by atoms with Crippen molar-refractivity contribution in [2.75, 3.05) is 20.3 Å². The highest BCUT2D eigenvalue weighted by atomic mass is 16.5. The van der Waals surface area contributed by atoms with Gasteiger partial charge in [-0.05, 0) is 67.0 Å². The molecule has 4 heterocycles. The minimum Gasteiger partial charge on any atom is -0.378 e. The van der Waals surface area contributed by atoms with E-state index < -0.39 is 0 Å². The van der Waals surface area contributed by atoms with E-state index in [0.29, 0.717) is 29.3 Å². The number of nitrogens with one attached hydrogen (secondary N) is 2. The van der Waals surface area contributed by atoms with Gasteiger partial charge < -0.3 is 10.1 Å². The molecule has 0 radical (unpaired) electrons. The number of fused-ring (bicyclic) bond motifs is 4. The molecule has 2 aliphatic heterocycles. The second kappa shape index (κ2) is 9.08. The molecule has 0 spiro atoms. The maximum atomic E-state index is 11.9. The summed E-state index contributed by atoms with van der Waals surface area (Å²) in [6.45, 7) is 1.82. The maximum Gasteiger partial charge on any atom is 0.251 e. The summed E-state index contributed by atoms with van der Waals surface area (Å²) in [5.41, 5.74) is 8.46. The predicted octanol–water partition coefficient (Wildman–Crippen LogP) is 4.37. The van der Waals surface area contributed by atoms with E-state index in [2.05, 4.69) is 49.7 Å². The lowest BCUT2D eigenvalue weighted by Gasteiger charge is -2.56. The summed E-state index contributed by atoms with van der Waals surface area (Å²) in [4.78, 5) is 19.3. The van der Waals surface area contributed by atoms with Crippen molar-refractivity contribution < 1.29 is 9.53 Å². The maximum absolute atomic E-state index is 11.9. The van der Waals surface area contributed by atoms with Gasteiger partial charge in [0.05, 0.1) is 18.9 Å². The highest BCUT2D eigenvalue weighted by Gasteiger charge is 2.45. The first-order valence-electron chi connectivity index (χ1n) is 13.3. The van der Waals surface area contributed by atoms with Gasteiger partial charge in [-0.1, -0.05) is 30.3 Å². The van der Waals surface area contributed by atoms with Crippen LogP contribution in [0.5, 0.6) is 0 Å². The minimum absolute atomic E-state index is 0.0961. The number of carbonyl (C=O) groups is 1. The van der Waals surface area contributed by atoms with Gasteiger partial charge in [0.25, 0.3) is 5.91 Å². The highest BCUT2D eigenvalue weighted by molar-refractivity contribution is 5.96. The van der Waals surface area contributed by atoms with Crippen LogP contribution in [-0.2, 0) is 17.6 Å². The van der Waals surface area contributed by atoms with Crippen LogP contribution in [0.4, 0.5) is 0 Å². The Morgan fingerprint density at radius 1 is 0.946 bits per heavy atom. The first-order valence-corrected chi connectivity index (χ1v) is 13.3. The molecule has 2 saturated heterocycles. The van der Waals surface area contributed by atoms with Gasteiger partial charge in [-0.15, -0.1) is 0 Å². The van der Waals surface area contributed by atoms with E-state index in [1.54, 1.807) is 7.05 Å². The molecular formula is C30H31N5O2. The molecule has 188 valence electrons. The van der Waals surface area contributed by atoms with Gasteiger partial charge in [0, 0.05) is 53.4 Å². The fourth-order valence-corrected chi connectivity index (χ4v) is 6.54. The van der Waals surface area contributed by atoms with Gasteiger partial charge in [-0.25, -0.2) is 4.98 Å². The standard InChI is InChI=1S/C30H31N5O2/c1-31-30(36)20-5-3-19(4-6-20)28-27-13-23(15-32-29(27)34-33-28)22-7-2-18-8-10-24(11-9-21(18)12-22)35-25-14-26(35)17-37-16-25/h2-7,12-13,15,24-26H,8-11,14,16-17H2,1H3,(H,31,36)(H,32,33,34). The third kappa shape index (κ3) is 3.93. The molecule has 2 fully saturated rings. The summed E-state index contributed by atoms with van der Waals surface area (Å²) in [6, 6.07) is 18.6. The molecule has 7 heteroatoms. The zero-order chi connectivity index (χ0) is 24.9. The Kier molecular flexibility index (Phi) is 5.55. The van der Waals surface area contributed by atoms with E-state index in [1.165, 1.54) is 36.0 Å². The SMILES string of the molecule is CNC(=O)c1ccc(-c2[nH]nc3ncc(-c4ccc5c(c4)CCC(N4C6COCC4C6)CC5)cc23)cc1. The molecule has 0 saturated carbocycles. The van der Waals surface area contributed by atoms with Crippen molar-refractivity contribution in [2.45, 2.75) is 50.2 Å². The third-order valence-electron chi connectivity index (χ3n) is 8.54. The molecule has 2 aromatic carbocycles. The molecule has 2 N–H and O–H groups in total. The van der Waals surface area contributed by atoms with E-state index in [-0.39, 0.29) is 5.91 Å². The summed E-state index contributed by atoms with van der Waals surface area (Å²) < 4.78 is 5.72. The number of morpholine rings is 1. The second-order valence-electron chi connectivity index (χ2n) is 10.6. The van der Waals surface area contributed by atoms with Crippen LogP contribution in [0.2, 0.25) is 0 Å². The molecule has 2 bridgehead atoms. The number of aryl methyl sites for hydroxylation is 2. The number of aromatic nitrogens is 3. The summed E-state index contributed by atoms with van der Waals surface area (Å²) in [5.74, 6) is -0.0961. The van der Waals surface area contributed by atoms with Crippen LogP contribution in [0.1, 0.15) is 40.7 Å². The Morgan fingerprint density at radius 2 is 1.70 bits per heavy atom. The molecule has 2 aromatic heterocycles. The Hall–Kier alpha value is -3.55. The van der Waals surface area contributed by atoms with Crippen LogP contribution in [-0.4, -0.2) is 64.4 Å². The number of rotatable bonds is 4. The number of benzene rings is 2. The molecule has 1 aliphatic carbocycles. The highest BCUT2D eigenvalue weighted by Crippen LogP contribution is 2.38. The molecule has 3 aliphatic rings. The molecule has 3 unspecified atom stereocenters. The number of hydrogen-bond donors (Lipinski definition) is 2. The number of pyridine rings is 1. The molecule has 1 amide bonds. The molecular weight excluding hydrogens is 462 g/mol. The van der Waals surface area contributed by atoms with Crippen molar-refractivity contribution >= 4 is 16.9 Å². The van der Waals surface area contributed by atoms with Gasteiger partial charge in [-0.2, -0.15) is 5.10 Å². The molecule has 37 heavy (non-hydrogen) atoms. The van der Waals surface area contributed by atoms with E-state index in [4.69, 9.17) is 4.74 Å². The lowest BCUT2D eigenvalue weighted by atomic mass is 9.87. The number of hydrogen-bond acceptors (Lipinski definition) is 5. The number of aromatic amines is 1. The predicted molar refractivity (Wildman–Crippen MR) is 143 cm³/mol. The quantitative estimate of drug-likeness (QED) is 0.413. The Morgan fingerprint density at radius 3 is 2.46 bits per heavy atom. The van der Waals surface area contributed by atoms with Crippen molar-refractivity contribution in [3.8, 4) is 22.4 Å². The lowest BCUT2D eigenvalue weighted by molar-refractivity contribution is -0.148. The Bertz CT molecular complexity index is 1460. The van der Waals surface area contributed by atoms with Crippen molar-refractivity contribution in [1.82, 2.24) is 25.4 Å². The van der Waals surface area contributed by atoms with Gasteiger partial charge in [0.2, 0.25) is 0 Å². The summed E-state index contributed by atoms with van der Waals surface area (Å²) in [6.07, 6.45) is 7.96. The molecule has 4 aromatic rings. The fourth-order valence-electron chi connectivity index (χ4n) is 6.54. The number of carbonyl (C=O) groups excluding carboxylic acids is 1. The number of amides is 1. The number of H-pyrrole nitrogens is 1.